The zero-order valence-corrected chi connectivity index (χ0v) is 11.8. The minimum atomic E-state index is 0.121. The van der Waals surface area contributed by atoms with Crippen LogP contribution in [-0.4, -0.2) is 0 Å². The van der Waals surface area contributed by atoms with E-state index in [1.54, 1.807) is 11.3 Å². The molecule has 0 N–H and O–H groups in total. The van der Waals surface area contributed by atoms with Gasteiger partial charge in [-0.2, -0.15) is 0 Å². The first-order valence-electron chi connectivity index (χ1n) is 6.14. The molecule has 1 aliphatic rings. The van der Waals surface area contributed by atoms with Crippen LogP contribution in [0.4, 0.5) is 0 Å². The summed E-state index contributed by atoms with van der Waals surface area (Å²) in [6.07, 6.45) is 9.38. The lowest BCUT2D eigenvalue weighted by Crippen LogP contribution is -2.02. The van der Waals surface area contributed by atoms with E-state index in [4.69, 9.17) is 23.2 Å². The third-order valence-electron chi connectivity index (χ3n) is 3.44. The van der Waals surface area contributed by atoms with Gasteiger partial charge in [0.15, 0.2) is 0 Å². The van der Waals surface area contributed by atoms with Crippen LogP contribution in [0.1, 0.15) is 55.2 Å². The highest BCUT2D eigenvalue weighted by Gasteiger charge is 2.20. The Kier molecular flexibility index (Phi) is 4.99. The predicted octanol–water partition coefficient (Wildman–Crippen LogP) is 6.04. The molecule has 0 aromatic carbocycles. The van der Waals surface area contributed by atoms with Crippen molar-refractivity contribution in [3.05, 3.63) is 21.3 Å². The molecule has 1 aromatic rings. The molecule has 0 radical (unpaired) electrons. The monoisotopic (exact) mass is 276 g/mol. The van der Waals surface area contributed by atoms with E-state index >= 15 is 0 Å². The number of hydrogen-bond donors (Lipinski definition) is 0. The SMILES string of the molecule is Clc1ccsc1C(Cl)CC1CCCCCC1. The van der Waals surface area contributed by atoms with Crippen LogP contribution in [0.2, 0.25) is 5.02 Å². The molecule has 0 saturated heterocycles. The summed E-state index contributed by atoms with van der Waals surface area (Å²) in [6.45, 7) is 0. The van der Waals surface area contributed by atoms with Crippen LogP contribution < -0.4 is 0 Å². The van der Waals surface area contributed by atoms with Crippen molar-refractivity contribution in [1.82, 2.24) is 0 Å². The summed E-state index contributed by atoms with van der Waals surface area (Å²) >= 11 is 14.3. The summed E-state index contributed by atoms with van der Waals surface area (Å²) in [5.74, 6) is 0.808. The van der Waals surface area contributed by atoms with Gasteiger partial charge in [-0.1, -0.05) is 50.1 Å². The molecule has 16 heavy (non-hydrogen) atoms. The molecule has 1 atom stereocenters. The van der Waals surface area contributed by atoms with E-state index in [0.29, 0.717) is 0 Å². The van der Waals surface area contributed by atoms with Gasteiger partial charge in [-0.25, -0.2) is 0 Å². The van der Waals surface area contributed by atoms with E-state index in [2.05, 4.69) is 0 Å². The summed E-state index contributed by atoms with van der Waals surface area (Å²) in [4.78, 5) is 1.16. The van der Waals surface area contributed by atoms with Gasteiger partial charge in [0.2, 0.25) is 0 Å². The van der Waals surface area contributed by atoms with Gasteiger partial charge in [-0.3, -0.25) is 0 Å². The van der Waals surface area contributed by atoms with Crippen LogP contribution in [0.15, 0.2) is 11.4 Å². The fraction of sp³-hybridized carbons (Fsp3) is 0.692. The lowest BCUT2D eigenvalue weighted by molar-refractivity contribution is 0.424. The molecular formula is C13H18Cl2S. The molecule has 0 bridgehead atoms. The molecular weight excluding hydrogens is 259 g/mol. The first kappa shape index (κ1) is 12.7. The lowest BCUT2D eigenvalue weighted by Gasteiger charge is -2.17. The molecule has 0 nitrogen and oxygen atoms in total. The van der Waals surface area contributed by atoms with Crippen LogP contribution in [-0.2, 0) is 0 Å². The van der Waals surface area contributed by atoms with E-state index in [-0.39, 0.29) is 5.38 Å². The second-order valence-electron chi connectivity index (χ2n) is 4.69. The topological polar surface area (TPSA) is 0 Å². The Balaban J connectivity index is 1.91. The molecule has 1 heterocycles. The number of alkyl halides is 1. The van der Waals surface area contributed by atoms with Crippen molar-refractivity contribution in [3.63, 3.8) is 0 Å². The number of rotatable bonds is 3. The fourth-order valence-electron chi connectivity index (χ4n) is 2.53. The Morgan fingerprint density at radius 2 is 1.94 bits per heavy atom. The Hall–Kier alpha value is 0.280. The second-order valence-corrected chi connectivity index (χ2v) is 6.58. The molecule has 2 rings (SSSR count). The van der Waals surface area contributed by atoms with Gasteiger partial charge in [-0.05, 0) is 23.8 Å². The van der Waals surface area contributed by atoms with E-state index in [1.807, 2.05) is 11.4 Å². The number of halogens is 2. The highest BCUT2D eigenvalue weighted by atomic mass is 35.5. The van der Waals surface area contributed by atoms with Gasteiger partial charge >= 0.3 is 0 Å². The van der Waals surface area contributed by atoms with Gasteiger partial charge in [-0.15, -0.1) is 22.9 Å². The minimum absolute atomic E-state index is 0.121. The molecule has 1 unspecified atom stereocenters. The smallest absolute Gasteiger partial charge is 0.0696 e. The first-order valence-corrected chi connectivity index (χ1v) is 7.83. The Bertz CT molecular complexity index is 313. The van der Waals surface area contributed by atoms with Gasteiger partial charge in [0.25, 0.3) is 0 Å². The summed E-state index contributed by atoms with van der Waals surface area (Å²) < 4.78 is 0. The van der Waals surface area contributed by atoms with Crippen molar-refractivity contribution in [2.24, 2.45) is 5.92 Å². The predicted molar refractivity (Wildman–Crippen MR) is 73.7 cm³/mol. The van der Waals surface area contributed by atoms with Crippen molar-refractivity contribution in [3.8, 4) is 0 Å². The van der Waals surface area contributed by atoms with Gasteiger partial charge in [0, 0.05) is 4.88 Å². The lowest BCUT2D eigenvalue weighted by atomic mass is 9.94. The summed E-state index contributed by atoms with van der Waals surface area (Å²) in [7, 11) is 0. The average Bonchev–Trinajstić information content (AvgIpc) is 2.53. The van der Waals surface area contributed by atoms with E-state index in [1.165, 1.54) is 38.5 Å². The highest BCUT2D eigenvalue weighted by molar-refractivity contribution is 7.11. The quantitative estimate of drug-likeness (QED) is 0.466. The average molecular weight is 277 g/mol. The maximum absolute atomic E-state index is 6.47. The molecule has 1 aromatic heterocycles. The third kappa shape index (κ3) is 3.38. The molecule has 1 saturated carbocycles. The van der Waals surface area contributed by atoms with Crippen molar-refractivity contribution >= 4 is 34.5 Å². The van der Waals surface area contributed by atoms with Crippen molar-refractivity contribution in [2.45, 2.75) is 50.3 Å². The molecule has 1 fully saturated rings. The van der Waals surface area contributed by atoms with Gasteiger partial charge in [0.1, 0.15) is 0 Å². The zero-order chi connectivity index (χ0) is 11.4. The van der Waals surface area contributed by atoms with Gasteiger partial charge in [0.05, 0.1) is 10.4 Å². The van der Waals surface area contributed by atoms with Crippen molar-refractivity contribution in [2.75, 3.05) is 0 Å². The highest BCUT2D eigenvalue weighted by Crippen LogP contribution is 2.39. The number of hydrogen-bond acceptors (Lipinski definition) is 1. The largest absolute Gasteiger partial charge is 0.146 e. The summed E-state index contributed by atoms with van der Waals surface area (Å²) in [6, 6.07) is 1.95. The molecule has 0 amide bonds. The van der Waals surface area contributed by atoms with Crippen molar-refractivity contribution < 1.29 is 0 Å². The first-order chi connectivity index (χ1) is 7.77. The van der Waals surface area contributed by atoms with Crippen LogP contribution in [0.5, 0.6) is 0 Å². The Morgan fingerprint density at radius 1 is 1.25 bits per heavy atom. The van der Waals surface area contributed by atoms with Gasteiger partial charge < -0.3 is 0 Å². The van der Waals surface area contributed by atoms with Crippen LogP contribution in [0, 0.1) is 5.92 Å². The molecule has 3 heteroatoms. The zero-order valence-electron chi connectivity index (χ0n) is 9.42. The summed E-state index contributed by atoms with van der Waals surface area (Å²) in [5.41, 5.74) is 0. The van der Waals surface area contributed by atoms with E-state index in [0.717, 1.165) is 22.2 Å². The molecule has 1 aliphatic carbocycles. The van der Waals surface area contributed by atoms with Crippen LogP contribution >= 0.6 is 34.5 Å². The van der Waals surface area contributed by atoms with E-state index < -0.39 is 0 Å². The maximum atomic E-state index is 6.47. The second kappa shape index (κ2) is 6.28. The Morgan fingerprint density at radius 3 is 2.50 bits per heavy atom. The molecule has 0 aliphatic heterocycles. The Labute approximate surface area is 112 Å². The standard InChI is InChI=1S/C13H18Cl2S/c14-11-7-8-16-13(11)12(15)9-10-5-3-1-2-4-6-10/h7-8,10,12H,1-6,9H2. The maximum Gasteiger partial charge on any atom is 0.0696 e. The van der Waals surface area contributed by atoms with Crippen molar-refractivity contribution in [1.29, 1.82) is 0 Å². The van der Waals surface area contributed by atoms with Crippen LogP contribution in [0.25, 0.3) is 0 Å². The summed E-state index contributed by atoms with van der Waals surface area (Å²) in [5, 5.41) is 2.99. The minimum Gasteiger partial charge on any atom is -0.146 e. The molecule has 90 valence electrons. The molecule has 0 spiro atoms. The van der Waals surface area contributed by atoms with E-state index in [9.17, 15) is 0 Å². The number of thiophene rings is 1. The van der Waals surface area contributed by atoms with Crippen LogP contribution in [0.3, 0.4) is 0 Å². The third-order valence-corrected chi connectivity index (χ3v) is 5.44. The fourth-order valence-corrected chi connectivity index (χ4v) is 4.29. The normalized spacial score (nSPS) is 20.6.